The highest BCUT2D eigenvalue weighted by Gasteiger charge is 2.13. The minimum atomic E-state index is -1.44. The van der Waals surface area contributed by atoms with E-state index in [1.54, 1.807) is 0 Å². The SMILES string of the molecule is CN(C)c1ccc(-c2ccc(CO[Si](C)(C)C)cc2)cc1. The van der Waals surface area contributed by atoms with Crippen molar-refractivity contribution in [2.45, 2.75) is 26.2 Å². The van der Waals surface area contributed by atoms with Gasteiger partial charge >= 0.3 is 0 Å². The van der Waals surface area contributed by atoms with E-state index in [-0.39, 0.29) is 0 Å². The van der Waals surface area contributed by atoms with Gasteiger partial charge in [-0.2, -0.15) is 0 Å². The molecule has 0 saturated heterocycles. The first-order chi connectivity index (χ1) is 9.85. The van der Waals surface area contributed by atoms with Gasteiger partial charge in [0.1, 0.15) is 0 Å². The van der Waals surface area contributed by atoms with Crippen molar-refractivity contribution in [3.8, 4) is 11.1 Å². The van der Waals surface area contributed by atoms with E-state index >= 15 is 0 Å². The Bertz CT molecular complexity index is 568. The Labute approximate surface area is 129 Å². The standard InChI is InChI=1S/C18H25NOSi/c1-19(2)18-12-10-17(11-13-18)16-8-6-15(7-9-16)14-20-21(3,4)5/h6-13H,14H2,1-5H3. The summed E-state index contributed by atoms with van der Waals surface area (Å²) in [5.41, 5.74) is 4.96. The lowest BCUT2D eigenvalue weighted by Gasteiger charge is -2.17. The predicted octanol–water partition coefficient (Wildman–Crippen LogP) is 4.77. The molecule has 0 aliphatic carbocycles. The lowest BCUT2D eigenvalue weighted by Crippen LogP contribution is -2.24. The molecule has 0 amide bonds. The second-order valence-corrected chi connectivity index (χ2v) is 11.1. The summed E-state index contributed by atoms with van der Waals surface area (Å²) in [4.78, 5) is 2.11. The molecule has 2 nitrogen and oxygen atoms in total. The summed E-state index contributed by atoms with van der Waals surface area (Å²) in [5, 5.41) is 0. The first-order valence-electron chi connectivity index (χ1n) is 7.36. The third-order valence-corrected chi connectivity index (χ3v) is 4.35. The van der Waals surface area contributed by atoms with Crippen LogP contribution in [-0.4, -0.2) is 22.4 Å². The smallest absolute Gasteiger partial charge is 0.184 e. The third kappa shape index (κ3) is 4.72. The van der Waals surface area contributed by atoms with E-state index in [1.807, 2.05) is 0 Å². The van der Waals surface area contributed by atoms with Gasteiger partial charge in [-0.1, -0.05) is 36.4 Å². The number of hydrogen-bond acceptors (Lipinski definition) is 2. The van der Waals surface area contributed by atoms with Gasteiger partial charge in [0, 0.05) is 19.8 Å². The molecule has 21 heavy (non-hydrogen) atoms. The average molecular weight is 299 g/mol. The fraction of sp³-hybridized carbons (Fsp3) is 0.333. The van der Waals surface area contributed by atoms with Crippen LogP contribution in [0.1, 0.15) is 5.56 Å². The highest BCUT2D eigenvalue weighted by Crippen LogP contribution is 2.23. The molecule has 0 bridgehead atoms. The molecule has 0 fully saturated rings. The Morgan fingerprint density at radius 2 is 1.29 bits per heavy atom. The minimum Gasteiger partial charge on any atom is -0.413 e. The van der Waals surface area contributed by atoms with Crippen LogP contribution in [0.2, 0.25) is 19.6 Å². The Morgan fingerprint density at radius 1 is 0.810 bits per heavy atom. The molecular formula is C18H25NOSi. The summed E-state index contributed by atoms with van der Waals surface area (Å²) >= 11 is 0. The van der Waals surface area contributed by atoms with E-state index in [9.17, 15) is 0 Å². The lowest BCUT2D eigenvalue weighted by atomic mass is 10.0. The van der Waals surface area contributed by atoms with Crippen molar-refractivity contribution >= 4 is 14.0 Å². The van der Waals surface area contributed by atoms with Gasteiger partial charge in [0.05, 0.1) is 6.61 Å². The normalized spacial score (nSPS) is 11.5. The molecule has 112 valence electrons. The molecule has 0 aliphatic rings. The summed E-state index contributed by atoms with van der Waals surface area (Å²) in [6, 6.07) is 17.3. The Kier molecular flexibility index (Phi) is 4.86. The summed E-state index contributed by atoms with van der Waals surface area (Å²) in [6.07, 6.45) is 0. The third-order valence-electron chi connectivity index (χ3n) is 3.34. The van der Waals surface area contributed by atoms with E-state index in [0.29, 0.717) is 0 Å². The Hall–Kier alpha value is -1.58. The van der Waals surface area contributed by atoms with Gasteiger partial charge in [-0.3, -0.25) is 0 Å². The van der Waals surface area contributed by atoms with Gasteiger partial charge in [-0.15, -0.1) is 0 Å². The fourth-order valence-corrected chi connectivity index (χ4v) is 2.64. The zero-order chi connectivity index (χ0) is 15.5. The Morgan fingerprint density at radius 3 is 1.71 bits per heavy atom. The van der Waals surface area contributed by atoms with Crippen molar-refractivity contribution in [3.63, 3.8) is 0 Å². The van der Waals surface area contributed by atoms with E-state index < -0.39 is 8.32 Å². The summed E-state index contributed by atoms with van der Waals surface area (Å²) < 4.78 is 5.94. The zero-order valence-corrected chi connectivity index (χ0v) is 14.7. The highest BCUT2D eigenvalue weighted by molar-refractivity contribution is 6.69. The van der Waals surface area contributed by atoms with Crippen molar-refractivity contribution in [2.24, 2.45) is 0 Å². The molecule has 0 radical (unpaired) electrons. The van der Waals surface area contributed by atoms with Gasteiger partial charge < -0.3 is 9.33 Å². The van der Waals surface area contributed by atoms with E-state index in [4.69, 9.17) is 4.43 Å². The molecule has 0 spiro atoms. The van der Waals surface area contributed by atoms with Crippen molar-refractivity contribution in [1.82, 2.24) is 0 Å². The molecule has 0 atom stereocenters. The number of hydrogen-bond donors (Lipinski definition) is 0. The second kappa shape index (κ2) is 6.46. The molecular weight excluding hydrogens is 274 g/mol. The van der Waals surface area contributed by atoms with Crippen molar-refractivity contribution in [2.75, 3.05) is 19.0 Å². The molecule has 0 N–H and O–H groups in total. The van der Waals surface area contributed by atoms with Crippen LogP contribution in [0.4, 0.5) is 5.69 Å². The van der Waals surface area contributed by atoms with Crippen LogP contribution < -0.4 is 4.90 Å². The number of nitrogens with zero attached hydrogens (tertiary/aromatic N) is 1. The number of anilines is 1. The summed E-state index contributed by atoms with van der Waals surface area (Å²) in [6.45, 7) is 7.37. The second-order valence-electron chi connectivity index (χ2n) is 6.54. The topological polar surface area (TPSA) is 12.5 Å². The maximum absolute atomic E-state index is 5.94. The van der Waals surface area contributed by atoms with Crippen molar-refractivity contribution in [3.05, 3.63) is 54.1 Å². The van der Waals surface area contributed by atoms with Crippen LogP contribution in [0.5, 0.6) is 0 Å². The van der Waals surface area contributed by atoms with Gasteiger partial charge in [-0.05, 0) is 48.5 Å². The molecule has 2 aromatic rings. The van der Waals surface area contributed by atoms with Gasteiger partial charge in [0.25, 0.3) is 0 Å². The quantitative estimate of drug-likeness (QED) is 0.737. The van der Waals surface area contributed by atoms with Crippen LogP contribution >= 0.6 is 0 Å². The molecule has 2 rings (SSSR count). The minimum absolute atomic E-state index is 0.718. The summed E-state index contributed by atoms with van der Waals surface area (Å²) in [7, 11) is 2.68. The number of rotatable bonds is 5. The van der Waals surface area contributed by atoms with Gasteiger partial charge in [-0.25, -0.2) is 0 Å². The Balaban J connectivity index is 2.08. The molecule has 0 aromatic heterocycles. The van der Waals surface area contributed by atoms with Crippen LogP contribution in [0.25, 0.3) is 11.1 Å². The van der Waals surface area contributed by atoms with E-state index in [0.717, 1.165) is 6.61 Å². The van der Waals surface area contributed by atoms with E-state index in [2.05, 4.69) is 87.2 Å². The molecule has 0 aliphatic heterocycles. The van der Waals surface area contributed by atoms with Crippen LogP contribution in [0, 0.1) is 0 Å². The average Bonchev–Trinajstić information content (AvgIpc) is 2.45. The first kappa shape index (κ1) is 15.8. The molecule has 0 heterocycles. The van der Waals surface area contributed by atoms with Crippen LogP contribution in [0.3, 0.4) is 0 Å². The maximum atomic E-state index is 5.94. The van der Waals surface area contributed by atoms with Crippen molar-refractivity contribution < 1.29 is 4.43 Å². The van der Waals surface area contributed by atoms with Crippen molar-refractivity contribution in [1.29, 1.82) is 0 Å². The highest BCUT2D eigenvalue weighted by atomic mass is 28.4. The van der Waals surface area contributed by atoms with Gasteiger partial charge in [0.2, 0.25) is 0 Å². The first-order valence-corrected chi connectivity index (χ1v) is 10.8. The van der Waals surface area contributed by atoms with Crippen LogP contribution in [0.15, 0.2) is 48.5 Å². The lowest BCUT2D eigenvalue weighted by molar-refractivity contribution is 0.299. The van der Waals surface area contributed by atoms with Crippen LogP contribution in [-0.2, 0) is 11.0 Å². The monoisotopic (exact) mass is 299 g/mol. The fourth-order valence-electron chi connectivity index (χ4n) is 2.05. The summed E-state index contributed by atoms with van der Waals surface area (Å²) in [5.74, 6) is 0. The maximum Gasteiger partial charge on any atom is 0.184 e. The zero-order valence-electron chi connectivity index (χ0n) is 13.7. The molecule has 3 heteroatoms. The molecule has 2 aromatic carbocycles. The number of benzene rings is 2. The predicted molar refractivity (Wildman–Crippen MR) is 94.3 cm³/mol. The molecule has 0 saturated carbocycles. The van der Waals surface area contributed by atoms with Gasteiger partial charge in [0.15, 0.2) is 8.32 Å². The largest absolute Gasteiger partial charge is 0.413 e. The molecule has 0 unspecified atom stereocenters. The van der Waals surface area contributed by atoms with E-state index in [1.165, 1.54) is 22.4 Å².